The fourth-order valence-electron chi connectivity index (χ4n) is 9.63. The Morgan fingerprint density at radius 3 is 2.11 bits per heavy atom. The van der Waals surface area contributed by atoms with Crippen molar-refractivity contribution in [2.75, 3.05) is 0 Å². The molecule has 2 aromatic carbocycles. The Labute approximate surface area is 329 Å². The number of nitrogens with zero attached hydrogens (tertiary/aromatic N) is 5. The van der Waals surface area contributed by atoms with E-state index >= 15 is 0 Å². The molecule has 15 heteroatoms. The minimum atomic E-state index is -0.983. The number of rotatable bonds is 8. The summed E-state index contributed by atoms with van der Waals surface area (Å²) < 4.78 is 12.5. The number of nitrogens with one attached hydrogen (secondary N) is 2. The summed E-state index contributed by atoms with van der Waals surface area (Å²) in [7, 11) is 0. The van der Waals surface area contributed by atoms with Crippen LogP contribution in [0.15, 0.2) is 42.7 Å². The van der Waals surface area contributed by atoms with Gasteiger partial charge in [0.25, 0.3) is 17.7 Å². The van der Waals surface area contributed by atoms with E-state index in [1.54, 1.807) is 30.3 Å². The molecule has 0 radical (unpaired) electrons. The minimum absolute atomic E-state index is 0.0748. The van der Waals surface area contributed by atoms with Crippen LogP contribution in [0.3, 0.4) is 0 Å². The Morgan fingerprint density at radius 2 is 1.54 bits per heavy atom. The number of aromatic nitrogens is 2. The summed E-state index contributed by atoms with van der Waals surface area (Å²) in [5.74, 6) is -1.72. The quantitative estimate of drug-likeness (QED) is 0.224. The number of hydrogen-bond acceptors (Lipinski definition) is 10. The van der Waals surface area contributed by atoms with Crippen LogP contribution in [0.1, 0.15) is 108 Å². The zero-order valence-corrected chi connectivity index (χ0v) is 32.3. The van der Waals surface area contributed by atoms with Gasteiger partial charge in [-0.3, -0.25) is 39.1 Å². The minimum Gasteiger partial charge on any atom is -0.489 e. The summed E-state index contributed by atoms with van der Waals surface area (Å²) >= 11 is 6.23. The van der Waals surface area contributed by atoms with Crippen molar-refractivity contribution < 1.29 is 33.4 Å². The Bertz CT molecular complexity index is 2150. The summed E-state index contributed by atoms with van der Waals surface area (Å²) in [5, 5.41) is 5.73. The highest BCUT2D eigenvalue weighted by Gasteiger charge is 2.64. The normalized spacial score (nSPS) is 26.4. The number of hydrogen-bond donors (Lipinski definition) is 2. The summed E-state index contributed by atoms with van der Waals surface area (Å²) in [6, 6.07) is 7.93. The highest BCUT2D eigenvalue weighted by atomic mass is 35.5. The van der Waals surface area contributed by atoms with Crippen LogP contribution in [-0.4, -0.2) is 79.6 Å². The molecule has 4 heterocycles. The molecule has 8 rings (SSSR count). The van der Waals surface area contributed by atoms with Crippen LogP contribution in [-0.2, 0) is 22.7 Å². The maximum Gasteiger partial charge on any atom is 0.316 e. The van der Waals surface area contributed by atoms with E-state index in [2.05, 4.69) is 30.3 Å². The third-order valence-electron chi connectivity index (χ3n) is 12.2. The van der Waals surface area contributed by atoms with E-state index in [9.17, 15) is 24.0 Å². The van der Waals surface area contributed by atoms with Gasteiger partial charge < -0.3 is 14.8 Å². The van der Waals surface area contributed by atoms with Gasteiger partial charge >= 0.3 is 6.01 Å². The molecule has 3 aromatic rings. The van der Waals surface area contributed by atoms with Crippen LogP contribution in [0, 0.1) is 17.4 Å². The first-order valence-corrected chi connectivity index (χ1v) is 19.3. The lowest BCUT2D eigenvalue weighted by Crippen LogP contribution is -2.74. The van der Waals surface area contributed by atoms with Crippen molar-refractivity contribution in [1.29, 1.82) is 0 Å². The lowest BCUT2D eigenvalue weighted by atomic mass is 9.49. The van der Waals surface area contributed by atoms with Gasteiger partial charge in [-0.05, 0) is 67.5 Å². The summed E-state index contributed by atoms with van der Waals surface area (Å²) in [6.45, 7) is 16.7. The van der Waals surface area contributed by atoms with Crippen molar-refractivity contribution in [1.82, 2.24) is 30.4 Å². The fraction of sp³-hybridized carbons (Fsp3) is 0.463. The topological polar surface area (TPSA) is 164 Å². The maximum atomic E-state index is 13.4. The number of halogens is 1. The summed E-state index contributed by atoms with van der Waals surface area (Å²) in [5.41, 5.74) is 2.47. The predicted molar refractivity (Wildman–Crippen MR) is 202 cm³/mol. The number of piperidine rings is 1. The Hall–Kier alpha value is -5.39. The molecule has 1 atom stereocenters. The first kappa shape index (κ1) is 37.5. The van der Waals surface area contributed by atoms with Crippen LogP contribution in [0.5, 0.6) is 11.8 Å². The Balaban J connectivity index is 0.821. The van der Waals surface area contributed by atoms with Crippen molar-refractivity contribution in [3.63, 3.8) is 0 Å². The van der Waals surface area contributed by atoms with Gasteiger partial charge in [-0.15, -0.1) is 0 Å². The molecular weight excluding hydrogens is 738 g/mol. The highest BCUT2D eigenvalue weighted by Crippen LogP contribution is 2.55. The van der Waals surface area contributed by atoms with Crippen LogP contribution in [0.2, 0.25) is 5.02 Å². The molecule has 3 fully saturated rings. The number of ether oxygens (including phenoxy) is 2. The standard InChI is InChI=1S/C41H42ClN7O7/c1-40(2)37(41(3,4)38(40)55-26-10-11-30(43-5)29(42)16-26)47-33(51)23-17-44-39(45-18-23)56-25-8-6-24(7-9-25)48-19-21-14-27-28(15-22(21)20-48)36(54)49(35(27)53)31-12-13-32(50)46-34(31)52/h10-11,14-18,24-25,31,37-38H,6-9,12-13,19-20H2,1-4H3,(H,47,51)(H,46,50,52). The van der Waals surface area contributed by atoms with E-state index in [4.69, 9.17) is 27.6 Å². The molecule has 14 nitrogen and oxygen atoms in total. The molecule has 2 N–H and O–H groups in total. The molecule has 290 valence electrons. The molecule has 1 unspecified atom stereocenters. The number of carbonyl (C=O) groups is 5. The molecule has 2 saturated carbocycles. The van der Waals surface area contributed by atoms with Crippen molar-refractivity contribution in [2.45, 2.75) is 110 Å². The van der Waals surface area contributed by atoms with Crippen LogP contribution in [0.25, 0.3) is 4.85 Å². The third-order valence-corrected chi connectivity index (χ3v) is 12.5. The largest absolute Gasteiger partial charge is 0.489 e. The van der Waals surface area contributed by atoms with Crippen molar-refractivity contribution in [3.8, 4) is 11.8 Å². The van der Waals surface area contributed by atoms with Crippen molar-refractivity contribution in [2.24, 2.45) is 10.8 Å². The first-order chi connectivity index (χ1) is 26.6. The highest BCUT2D eigenvalue weighted by molar-refractivity contribution is 6.33. The average molecular weight is 780 g/mol. The van der Waals surface area contributed by atoms with E-state index in [0.29, 0.717) is 52.3 Å². The van der Waals surface area contributed by atoms with Gasteiger partial charge in [-0.2, -0.15) is 0 Å². The number of imide groups is 2. The Kier molecular flexibility index (Phi) is 9.36. The van der Waals surface area contributed by atoms with E-state index in [-0.39, 0.29) is 43.0 Å². The van der Waals surface area contributed by atoms with Gasteiger partial charge in [0, 0.05) is 54.8 Å². The van der Waals surface area contributed by atoms with Gasteiger partial charge in [0.1, 0.15) is 24.0 Å². The monoisotopic (exact) mass is 779 g/mol. The molecule has 56 heavy (non-hydrogen) atoms. The second-order valence-electron chi connectivity index (χ2n) is 16.6. The second-order valence-corrected chi connectivity index (χ2v) is 17.0. The zero-order valence-electron chi connectivity index (χ0n) is 31.6. The van der Waals surface area contributed by atoms with Crippen LogP contribution >= 0.6 is 11.6 Å². The Morgan fingerprint density at radius 1 is 0.911 bits per heavy atom. The van der Waals surface area contributed by atoms with Gasteiger partial charge in [0.2, 0.25) is 17.5 Å². The predicted octanol–water partition coefficient (Wildman–Crippen LogP) is 5.40. The molecule has 0 bridgehead atoms. The number of carbonyl (C=O) groups excluding carboxylic acids is 5. The molecule has 2 aliphatic carbocycles. The van der Waals surface area contributed by atoms with Gasteiger partial charge in [0.15, 0.2) is 0 Å². The van der Waals surface area contributed by atoms with E-state index in [1.165, 1.54) is 12.4 Å². The third kappa shape index (κ3) is 6.46. The first-order valence-electron chi connectivity index (χ1n) is 18.9. The van der Waals surface area contributed by atoms with Crippen LogP contribution < -0.4 is 20.1 Å². The van der Waals surface area contributed by atoms with Crippen LogP contribution in [0.4, 0.5) is 5.69 Å². The second kappa shape index (κ2) is 14.0. The molecule has 3 aliphatic heterocycles. The smallest absolute Gasteiger partial charge is 0.316 e. The van der Waals surface area contributed by atoms with Crippen molar-refractivity contribution >= 4 is 46.8 Å². The fourth-order valence-corrected chi connectivity index (χ4v) is 9.84. The molecule has 1 saturated heterocycles. The van der Waals surface area contributed by atoms with Gasteiger partial charge in [-0.1, -0.05) is 45.4 Å². The van der Waals surface area contributed by atoms with Gasteiger partial charge in [0.05, 0.1) is 28.3 Å². The maximum absolute atomic E-state index is 13.4. The van der Waals surface area contributed by atoms with Gasteiger partial charge in [-0.25, -0.2) is 14.8 Å². The van der Waals surface area contributed by atoms with E-state index in [1.807, 2.05) is 27.7 Å². The average Bonchev–Trinajstić information content (AvgIpc) is 3.69. The SMILES string of the molecule is [C-]#[N+]c1ccc(OC2C(C)(C)C(NC(=O)c3cnc(OC4CCC(N5Cc6cc7c(cc6C5)C(=O)N(C5CCC(=O)NC5=O)C7=O)CC4)nc3)C2(C)C)cc1Cl. The number of amides is 5. The van der Waals surface area contributed by atoms with E-state index in [0.717, 1.165) is 41.7 Å². The summed E-state index contributed by atoms with van der Waals surface area (Å²) in [4.78, 5) is 79.5. The van der Waals surface area contributed by atoms with E-state index < -0.39 is 40.5 Å². The lowest BCUT2D eigenvalue weighted by Gasteiger charge is -2.63. The number of benzene rings is 2. The lowest BCUT2D eigenvalue weighted by molar-refractivity contribution is -0.164. The molecule has 5 amide bonds. The molecule has 1 aromatic heterocycles. The zero-order chi connectivity index (χ0) is 39.7. The van der Waals surface area contributed by atoms with Crippen molar-refractivity contribution in [3.05, 3.63) is 87.0 Å². The molecular formula is C41H42ClN7O7. The number of fused-ring (bicyclic) bond motifs is 2. The summed E-state index contributed by atoms with van der Waals surface area (Å²) in [6.07, 6.45) is 6.23. The molecule has 0 spiro atoms. The molecule has 5 aliphatic rings.